The first-order valence-corrected chi connectivity index (χ1v) is 12.5. The van der Waals surface area contributed by atoms with E-state index in [9.17, 15) is 9.59 Å². The molecule has 0 fully saturated rings. The van der Waals surface area contributed by atoms with Crippen LogP contribution < -0.4 is 19.7 Å². The molecule has 0 aliphatic carbocycles. The van der Waals surface area contributed by atoms with E-state index >= 15 is 0 Å². The van der Waals surface area contributed by atoms with E-state index in [1.807, 2.05) is 42.5 Å². The molecule has 2 heterocycles. The zero-order chi connectivity index (χ0) is 24.8. The molecular formula is C25H29N5O4S. The van der Waals surface area contributed by atoms with Gasteiger partial charge >= 0.3 is 0 Å². The number of unbranched alkanes of at least 4 members (excludes halogenated alkanes) is 1. The topological polar surface area (TPSA) is 98.6 Å². The molecule has 0 radical (unpaired) electrons. The number of para-hydroxylation sites is 2. The van der Waals surface area contributed by atoms with Crippen molar-refractivity contribution in [2.24, 2.45) is 0 Å². The third kappa shape index (κ3) is 5.43. The van der Waals surface area contributed by atoms with Crippen molar-refractivity contribution in [2.75, 3.05) is 31.4 Å². The van der Waals surface area contributed by atoms with E-state index in [-0.39, 0.29) is 24.1 Å². The highest BCUT2D eigenvalue weighted by Crippen LogP contribution is 2.34. The first kappa shape index (κ1) is 24.6. The van der Waals surface area contributed by atoms with E-state index in [1.54, 1.807) is 25.1 Å². The van der Waals surface area contributed by atoms with Crippen LogP contribution in [-0.2, 0) is 16.1 Å². The highest BCUT2D eigenvalue weighted by atomic mass is 32.2. The molecule has 0 saturated heterocycles. The fourth-order valence-electron chi connectivity index (χ4n) is 3.84. The molecule has 10 heteroatoms. The van der Waals surface area contributed by atoms with E-state index < -0.39 is 6.10 Å². The minimum absolute atomic E-state index is 0.129. The number of benzene rings is 2. The summed E-state index contributed by atoms with van der Waals surface area (Å²) in [5.41, 5.74) is 1.59. The summed E-state index contributed by atoms with van der Waals surface area (Å²) in [5, 5.41) is 12.1. The number of carbonyl (C=O) groups excluding carboxylic acids is 2. The Bertz CT molecular complexity index is 1180. The lowest BCUT2D eigenvalue weighted by Gasteiger charge is -2.34. The largest absolute Gasteiger partial charge is 0.497 e. The molecule has 1 aliphatic heterocycles. The number of rotatable bonds is 9. The second kappa shape index (κ2) is 11.3. The second-order valence-electron chi connectivity index (χ2n) is 8.02. The van der Waals surface area contributed by atoms with Crippen molar-refractivity contribution in [1.29, 1.82) is 0 Å². The average molecular weight is 496 g/mol. The fraction of sp³-hybridized carbons (Fsp3) is 0.360. The minimum Gasteiger partial charge on any atom is -0.497 e. The van der Waals surface area contributed by atoms with Crippen LogP contribution in [0.3, 0.4) is 0 Å². The number of hydrogen-bond acceptors (Lipinski definition) is 7. The van der Waals surface area contributed by atoms with Gasteiger partial charge in [-0.05, 0) is 42.8 Å². The normalized spacial score (nSPS) is 14.7. The maximum atomic E-state index is 13.3. The van der Waals surface area contributed by atoms with Crippen LogP contribution >= 0.6 is 11.8 Å². The molecule has 0 bridgehead atoms. The van der Waals surface area contributed by atoms with Crippen molar-refractivity contribution in [3.8, 4) is 22.9 Å². The van der Waals surface area contributed by atoms with Gasteiger partial charge in [0.05, 0.1) is 25.1 Å². The molecule has 2 amide bonds. The summed E-state index contributed by atoms with van der Waals surface area (Å²) >= 11 is 1.34. The molecule has 2 aromatic carbocycles. The molecule has 3 aromatic rings. The number of likely N-dealkylation sites (N-methyl/N-ethyl adjacent to an activating group) is 1. The van der Waals surface area contributed by atoms with Crippen LogP contribution in [0.5, 0.6) is 11.5 Å². The zero-order valence-corrected chi connectivity index (χ0v) is 20.9. The molecule has 1 aliphatic rings. The van der Waals surface area contributed by atoms with Gasteiger partial charge in [-0.25, -0.2) is 0 Å². The Kier molecular flexibility index (Phi) is 7.91. The van der Waals surface area contributed by atoms with Gasteiger partial charge in [0.1, 0.15) is 11.5 Å². The molecular weight excluding hydrogens is 466 g/mol. The number of nitrogens with zero attached hydrogens (tertiary/aromatic N) is 4. The SMILES string of the molecule is CCCCn1c(SCC(=O)N2CC(C(=O)NC)Oc3ccccc32)nnc1-c1ccc(OC)cc1. The molecule has 184 valence electrons. The van der Waals surface area contributed by atoms with Gasteiger partial charge in [-0.15, -0.1) is 10.2 Å². The van der Waals surface area contributed by atoms with Gasteiger partial charge < -0.3 is 24.3 Å². The average Bonchev–Trinajstić information content (AvgIpc) is 3.31. The molecule has 35 heavy (non-hydrogen) atoms. The van der Waals surface area contributed by atoms with Gasteiger partial charge in [0.15, 0.2) is 17.1 Å². The maximum absolute atomic E-state index is 13.3. The predicted octanol–water partition coefficient (Wildman–Crippen LogP) is 3.39. The van der Waals surface area contributed by atoms with Crippen LogP contribution in [0, 0.1) is 0 Å². The Morgan fingerprint density at radius 2 is 1.94 bits per heavy atom. The summed E-state index contributed by atoms with van der Waals surface area (Å²) in [6, 6.07) is 14.9. The Balaban J connectivity index is 1.54. The lowest BCUT2D eigenvalue weighted by atomic mass is 10.2. The zero-order valence-electron chi connectivity index (χ0n) is 20.1. The van der Waals surface area contributed by atoms with E-state index in [0.29, 0.717) is 16.6 Å². The maximum Gasteiger partial charge on any atom is 0.262 e. The Morgan fingerprint density at radius 1 is 1.17 bits per heavy atom. The monoisotopic (exact) mass is 495 g/mol. The summed E-state index contributed by atoms with van der Waals surface area (Å²) in [4.78, 5) is 27.2. The van der Waals surface area contributed by atoms with Crippen LogP contribution in [-0.4, -0.2) is 59.1 Å². The molecule has 9 nitrogen and oxygen atoms in total. The van der Waals surface area contributed by atoms with E-state index in [2.05, 4.69) is 27.0 Å². The van der Waals surface area contributed by atoms with Crippen LogP contribution in [0.1, 0.15) is 19.8 Å². The first-order valence-electron chi connectivity index (χ1n) is 11.5. The van der Waals surface area contributed by atoms with Crippen molar-refractivity contribution in [3.63, 3.8) is 0 Å². The lowest BCUT2D eigenvalue weighted by Crippen LogP contribution is -2.50. The Hall–Kier alpha value is -3.53. The van der Waals surface area contributed by atoms with Gasteiger partial charge in [0, 0.05) is 19.2 Å². The van der Waals surface area contributed by atoms with E-state index in [0.717, 1.165) is 36.5 Å². The summed E-state index contributed by atoms with van der Waals surface area (Å²) in [6.45, 7) is 3.03. The van der Waals surface area contributed by atoms with Gasteiger partial charge in [-0.3, -0.25) is 9.59 Å². The van der Waals surface area contributed by atoms with Crippen molar-refractivity contribution in [3.05, 3.63) is 48.5 Å². The highest BCUT2D eigenvalue weighted by Gasteiger charge is 2.33. The van der Waals surface area contributed by atoms with Crippen molar-refractivity contribution in [2.45, 2.75) is 37.6 Å². The molecule has 1 aromatic heterocycles. The number of ether oxygens (including phenoxy) is 2. The van der Waals surface area contributed by atoms with E-state index in [4.69, 9.17) is 9.47 Å². The number of amides is 2. The number of fused-ring (bicyclic) bond motifs is 1. The summed E-state index contributed by atoms with van der Waals surface area (Å²) in [5.74, 6) is 1.80. The van der Waals surface area contributed by atoms with Crippen molar-refractivity contribution < 1.29 is 19.1 Å². The fourth-order valence-corrected chi connectivity index (χ4v) is 4.68. The molecule has 1 atom stereocenters. The standard InChI is InChI=1S/C25H29N5O4S/c1-4-5-14-29-23(17-10-12-18(33-3)13-11-17)27-28-25(29)35-16-22(31)30-15-21(24(32)26-2)34-20-9-7-6-8-19(20)30/h6-13,21H,4-5,14-16H2,1-3H3,(H,26,32). The minimum atomic E-state index is -0.765. The van der Waals surface area contributed by atoms with Gasteiger partial charge in [-0.1, -0.05) is 37.2 Å². The van der Waals surface area contributed by atoms with Crippen LogP contribution in [0.15, 0.2) is 53.7 Å². The quantitative estimate of drug-likeness (QED) is 0.455. The number of methoxy groups -OCH3 is 1. The number of nitrogens with one attached hydrogen (secondary N) is 1. The predicted molar refractivity (Wildman–Crippen MR) is 135 cm³/mol. The number of anilines is 1. The van der Waals surface area contributed by atoms with E-state index in [1.165, 1.54) is 11.8 Å². The lowest BCUT2D eigenvalue weighted by molar-refractivity contribution is -0.127. The summed E-state index contributed by atoms with van der Waals surface area (Å²) in [6.07, 6.45) is 1.22. The van der Waals surface area contributed by atoms with Gasteiger partial charge in [0.2, 0.25) is 5.91 Å². The molecule has 4 rings (SSSR count). The number of aromatic nitrogens is 3. The third-order valence-electron chi connectivity index (χ3n) is 5.74. The number of hydrogen-bond donors (Lipinski definition) is 1. The van der Waals surface area contributed by atoms with Crippen LogP contribution in [0.4, 0.5) is 5.69 Å². The third-order valence-corrected chi connectivity index (χ3v) is 6.69. The first-order chi connectivity index (χ1) is 17.0. The highest BCUT2D eigenvalue weighted by molar-refractivity contribution is 7.99. The number of carbonyl (C=O) groups is 2. The van der Waals surface area contributed by atoms with Crippen LogP contribution in [0.2, 0.25) is 0 Å². The summed E-state index contributed by atoms with van der Waals surface area (Å²) in [7, 11) is 3.19. The van der Waals surface area contributed by atoms with Crippen molar-refractivity contribution >= 4 is 29.3 Å². The van der Waals surface area contributed by atoms with Crippen LogP contribution in [0.25, 0.3) is 11.4 Å². The van der Waals surface area contributed by atoms with Gasteiger partial charge in [-0.2, -0.15) is 0 Å². The van der Waals surface area contributed by atoms with Crippen molar-refractivity contribution in [1.82, 2.24) is 20.1 Å². The second-order valence-corrected chi connectivity index (χ2v) is 8.96. The Labute approximate surface area is 208 Å². The molecule has 0 spiro atoms. The Morgan fingerprint density at radius 3 is 2.66 bits per heavy atom. The number of thioether (sulfide) groups is 1. The molecule has 1 N–H and O–H groups in total. The smallest absolute Gasteiger partial charge is 0.262 e. The van der Waals surface area contributed by atoms with Gasteiger partial charge in [0.25, 0.3) is 5.91 Å². The molecule has 1 unspecified atom stereocenters. The molecule has 0 saturated carbocycles. The summed E-state index contributed by atoms with van der Waals surface area (Å²) < 4.78 is 13.1.